The molecular weight excluding hydrogens is 174 g/mol. The molecule has 0 N–H and O–H groups in total. The molecule has 0 aliphatic heterocycles. The van der Waals surface area contributed by atoms with Crippen LogP contribution < -0.4 is 0 Å². The summed E-state index contributed by atoms with van der Waals surface area (Å²) in [5.74, 6) is -0.953. The van der Waals surface area contributed by atoms with Crippen molar-refractivity contribution in [2.75, 3.05) is 12.4 Å². The lowest BCUT2D eigenvalue weighted by Gasteiger charge is -1.96. The van der Waals surface area contributed by atoms with Crippen molar-refractivity contribution in [2.45, 2.75) is 6.17 Å². The molecule has 0 aromatic rings. The zero-order valence-corrected chi connectivity index (χ0v) is 5.92. The summed E-state index contributed by atoms with van der Waals surface area (Å²) >= 11 is 0. The first-order chi connectivity index (χ1) is 3.95. The zero-order chi connectivity index (χ0) is 7.49. The van der Waals surface area contributed by atoms with Crippen LogP contribution in [0.5, 0.6) is 0 Å². The molecule has 1 atom stereocenters. The summed E-state index contributed by atoms with van der Waals surface area (Å²) < 4.78 is 42.9. The van der Waals surface area contributed by atoms with Gasteiger partial charge in [-0.2, -0.15) is 0 Å². The molecule has 2 nitrogen and oxygen atoms in total. The lowest BCUT2D eigenvalue weighted by molar-refractivity contribution is 0.284. The molecule has 9 heavy (non-hydrogen) atoms. The number of alkyl halides is 2. The molecule has 0 bridgehead atoms. The smallest absolute Gasteiger partial charge is 0.235 e. The first kappa shape index (κ1) is 9.10. The fraction of sp³-hybridized carbons (Fsp3) is 1.00. The van der Waals surface area contributed by atoms with Crippen molar-refractivity contribution in [1.29, 1.82) is 0 Å². The third-order valence-corrected chi connectivity index (χ3v) is 1.69. The van der Waals surface area contributed by atoms with Crippen LogP contribution in [0, 0.1) is 0 Å². The monoisotopic (exact) mass is 178 g/mol. The van der Waals surface area contributed by atoms with E-state index in [1.54, 1.807) is 0 Å². The average molecular weight is 179 g/mol. The van der Waals surface area contributed by atoms with Crippen molar-refractivity contribution in [3.63, 3.8) is 0 Å². The van der Waals surface area contributed by atoms with Crippen LogP contribution in [0.1, 0.15) is 0 Å². The normalized spacial score (nSPS) is 15.4. The SMILES string of the molecule is O=S(=O)(Cl)CC(F)CF. The average Bonchev–Trinajstić information content (AvgIpc) is 1.62. The Morgan fingerprint density at radius 2 is 2.00 bits per heavy atom. The van der Waals surface area contributed by atoms with Gasteiger partial charge in [-0.05, 0) is 0 Å². The first-order valence-electron chi connectivity index (χ1n) is 2.08. The summed E-state index contributed by atoms with van der Waals surface area (Å²) in [5.41, 5.74) is 0. The Balaban J connectivity index is 3.75. The van der Waals surface area contributed by atoms with Crippen molar-refractivity contribution in [3.05, 3.63) is 0 Å². The van der Waals surface area contributed by atoms with Crippen molar-refractivity contribution < 1.29 is 17.2 Å². The fourth-order valence-corrected chi connectivity index (χ4v) is 1.19. The Morgan fingerprint density at radius 3 is 2.11 bits per heavy atom. The van der Waals surface area contributed by atoms with E-state index in [9.17, 15) is 17.2 Å². The van der Waals surface area contributed by atoms with Crippen LogP contribution in [0.25, 0.3) is 0 Å². The summed E-state index contributed by atoms with van der Waals surface area (Å²) in [6.45, 7) is -1.31. The van der Waals surface area contributed by atoms with E-state index in [1.165, 1.54) is 0 Å². The topological polar surface area (TPSA) is 34.1 Å². The molecule has 0 fully saturated rings. The van der Waals surface area contributed by atoms with Crippen LogP contribution in [0.4, 0.5) is 8.78 Å². The van der Waals surface area contributed by atoms with Gasteiger partial charge in [0, 0.05) is 10.7 Å². The van der Waals surface area contributed by atoms with Crippen molar-refractivity contribution in [1.82, 2.24) is 0 Å². The Morgan fingerprint density at radius 1 is 1.56 bits per heavy atom. The van der Waals surface area contributed by atoms with Gasteiger partial charge in [0.2, 0.25) is 9.05 Å². The molecule has 0 radical (unpaired) electrons. The number of hydrogen-bond acceptors (Lipinski definition) is 2. The Kier molecular flexibility index (Phi) is 3.35. The Hall–Kier alpha value is 0.1000. The van der Waals surface area contributed by atoms with E-state index in [-0.39, 0.29) is 0 Å². The lowest BCUT2D eigenvalue weighted by atomic mass is 10.5. The maximum atomic E-state index is 11.8. The van der Waals surface area contributed by atoms with Gasteiger partial charge in [0.15, 0.2) is 0 Å². The molecule has 0 spiro atoms. The van der Waals surface area contributed by atoms with E-state index in [2.05, 4.69) is 10.7 Å². The third-order valence-electron chi connectivity index (χ3n) is 0.547. The van der Waals surface area contributed by atoms with E-state index in [0.29, 0.717) is 0 Å². The second-order valence-corrected chi connectivity index (χ2v) is 4.28. The van der Waals surface area contributed by atoms with Gasteiger partial charge in [0.1, 0.15) is 12.8 Å². The molecular formula is C3H5ClF2O2S. The van der Waals surface area contributed by atoms with E-state index < -0.39 is 27.6 Å². The highest BCUT2D eigenvalue weighted by Crippen LogP contribution is 2.02. The van der Waals surface area contributed by atoms with E-state index >= 15 is 0 Å². The predicted octanol–water partition coefficient (Wildman–Crippen LogP) is 0.863. The second kappa shape index (κ2) is 3.31. The van der Waals surface area contributed by atoms with Gasteiger partial charge in [-0.3, -0.25) is 0 Å². The minimum Gasteiger partial charge on any atom is -0.248 e. The van der Waals surface area contributed by atoms with Crippen LogP contribution in [-0.4, -0.2) is 27.0 Å². The van der Waals surface area contributed by atoms with Crippen LogP contribution in [0.15, 0.2) is 0 Å². The molecule has 0 saturated heterocycles. The highest BCUT2D eigenvalue weighted by atomic mass is 35.7. The largest absolute Gasteiger partial charge is 0.248 e. The molecule has 1 unspecified atom stereocenters. The molecule has 0 aromatic carbocycles. The van der Waals surface area contributed by atoms with Gasteiger partial charge in [-0.1, -0.05) is 0 Å². The second-order valence-electron chi connectivity index (χ2n) is 1.46. The molecule has 56 valence electrons. The highest BCUT2D eigenvalue weighted by molar-refractivity contribution is 8.13. The van der Waals surface area contributed by atoms with Crippen molar-refractivity contribution in [2.24, 2.45) is 0 Å². The number of hydrogen-bond donors (Lipinski definition) is 0. The summed E-state index contributed by atoms with van der Waals surface area (Å²) in [7, 11) is 0.694. The van der Waals surface area contributed by atoms with Gasteiger partial charge < -0.3 is 0 Å². The standard InChI is InChI=1S/C3H5ClF2O2S/c4-9(7,8)2-3(6)1-5/h3H,1-2H2. The molecule has 0 aliphatic carbocycles. The van der Waals surface area contributed by atoms with Crippen molar-refractivity contribution >= 4 is 19.7 Å². The number of halogens is 3. The molecule has 0 heterocycles. The van der Waals surface area contributed by atoms with E-state index in [0.717, 1.165) is 0 Å². The third kappa shape index (κ3) is 5.98. The summed E-state index contributed by atoms with van der Waals surface area (Å²) in [5, 5.41) is 0. The highest BCUT2D eigenvalue weighted by Gasteiger charge is 2.14. The van der Waals surface area contributed by atoms with Crippen LogP contribution in [0.2, 0.25) is 0 Å². The van der Waals surface area contributed by atoms with Gasteiger partial charge >= 0.3 is 0 Å². The maximum absolute atomic E-state index is 11.8. The van der Waals surface area contributed by atoms with E-state index in [1.807, 2.05) is 0 Å². The van der Waals surface area contributed by atoms with Crippen molar-refractivity contribution in [3.8, 4) is 0 Å². The van der Waals surface area contributed by atoms with Crippen LogP contribution in [-0.2, 0) is 9.05 Å². The zero-order valence-electron chi connectivity index (χ0n) is 4.35. The molecule has 0 aliphatic rings. The lowest BCUT2D eigenvalue weighted by Crippen LogP contribution is -2.14. The van der Waals surface area contributed by atoms with E-state index in [4.69, 9.17) is 0 Å². The molecule has 6 heteroatoms. The first-order valence-corrected chi connectivity index (χ1v) is 4.56. The minimum absolute atomic E-state index is 0.953. The van der Waals surface area contributed by atoms with Gasteiger partial charge in [0.25, 0.3) is 0 Å². The quantitative estimate of drug-likeness (QED) is 0.601. The van der Waals surface area contributed by atoms with Crippen LogP contribution in [0.3, 0.4) is 0 Å². The Bertz CT molecular complexity index is 167. The number of rotatable bonds is 3. The minimum atomic E-state index is -3.88. The fourth-order valence-electron chi connectivity index (χ4n) is 0.261. The van der Waals surface area contributed by atoms with Crippen LogP contribution >= 0.6 is 10.7 Å². The molecule has 0 aromatic heterocycles. The summed E-state index contributed by atoms with van der Waals surface area (Å²) in [6, 6.07) is 0. The molecule has 0 saturated carbocycles. The van der Waals surface area contributed by atoms with Gasteiger partial charge in [-0.15, -0.1) is 0 Å². The summed E-state index contributed by atoms with van der Waals surface area (Å²) in [6.07, 6.45) is -1.99. The van der Waals surface area contributed by atoms with Gasteiger partial charge in [-0.25, -0.2) is 17.2 Å². The van der Waals surface area contributed by atoms with Gasteiger partial charge in [0.05, 0.1) is 5.75 Å². The molecule has 0 rings (SSSR count). The molecule has 0 amide bonds. The maximum Gasteiger partial charge on any atom is 0.235 e. The Labute approximate surface area is 56.2 Å². The predicted molar refractivity (Wildman–Crippen MR) is 30.5 cm³/mol. The summed E-state index contributed by atoms with van der Waals surface area (Å²) in [4.78, 5) is 0.